The van der Waals surface area contributed by atoms with Crippen LogP contribution in [0.25, 0.3) is 0 Å². The topological polar surface area (TPSA) is 102 Å². The molecule has 1 aromatic rings. The third-order valence-electron chi connectivity index (χ3n) is 6.18. The van der Waals surface area contributed by atoms with E-state index in [4.69, 9.17) is 5.11 Å². The lowest BCUT2D eigenvalue weighted by Gasteiger charge is -2.23. The average Bonchev–Trinajstić information content (AvgIpc) is 3.05. The number of allylic oxidation sites excluding steroid dienone is 2. The molecule has 0 aliphatic heterocycles. The Balaban J connectivity index is 2.02. The zero-order valence-corrected chi connectivity index (χ0v) is 17.9. The number of hydrogen-bond acceptors (Lipinski definition) is 4. The maximum absolute atomic E-state index is 10.6. The van der Waals surface area contributed by atoms with Gasteiger partial charge in [-0.15, -0.1) is 0 Å². The Kier molecular flexibility index (Phi) is 10.1. The van der Waals surface area contributed by atoms with Gasteiger partial charge < -0.3 is 15.3 Å². The van der Waals surface area contributed by atoms with Gasteiger partial charge in [0.1, 0.15) is 0 Å². The molecule has 1 aliphatic carbocycles. The SMILES string of the molecule is CCCCCC(O)c1ccc(C2[C@@H](C/C=C\CCCC(=O)O)C(C#N)C[C@H]2O)cc1. The van der Waals surface area contributed by atoms with Gasteiger partial charge in [0.2, 0.25) is 0 Å². The molecule has 1 saturated carbocycles. The first-order valence-electron chi connectivity index (χ1n) is 11.2. The van der Waals surface area contributed by atoms with Crippen LogP contribution < -0.4 is 0 Å². The number of aliphatic hydroxyl groups excluding tert-OH is 2. The molecule has 0 heterocycles. The molecule has 164 valence electrons. The van der Waals surface area contributed by atoms with Gasteiger partial charge in [0.15, 0.2) is 0 Å². The number of nitrogens with zero attached hydrogens (tertiary/aromatic N) is 1. The summed E-state index contributed by atoms with van der Waals surface area (Å²) in [5.74, 6) is -1.07. The van der Waals surface area contributed by atoms with E-state index in [2.05, 4.69) is 13.0 Å². The minimum Gasteiger partial charge on any atom is -0.481 e. The number of carboxylic acid groups (broad SMARTS) is 1. The maximum Gasteiger partial charge on any atom is 0.303 e. The monoisotopic (exact) mass is 413 g/mol. The van der Waals surface area contributed by atoms with Crippen LogP contribution in [0.3, 0.4) is 0 Å². The fraction of sp³-hybridized carbons (Fsp3) is 0.600. The number of hydrogen-bond donors (Lipinski definition) is 3. The first-order valence-corrected chi connectivity index (χ1v) is 11.2. The Morgan fingerprint density at radius 2 is 1.97 bits per heavy atom. The van der Waals surface area contributed by atoms with Crippen molar-refractivity contribution in [2.75, 3.05) is 0 Å². The molecule has 0 saturated heterocycles. The van der Waals surface area contributed by atoms with Gasteiger partial charge in [-0.1, -0.05) is 62.6 Å². The number of benzene rings is 1. The summed E-state index contributed by atoms with van der Waals surface area (Å²) in [5, 5.41) is 39.3. The average molecular weight is 414 g/mol. The summed E-state index contributed by atoms with van der Waals surface area (Å²) in [6, 6.07) is 10.2. The Labute approximate surface area is 180 Å². The number of carboxylic acids is 1. The minimum absolute atomic E-state index is 0.0288. The van der Waals surface area contributed by atoms with E-state index in [1.165, 1.54) is 0 Å². The predicted octanol–water partition coefficient (Wildman–Crippen LogP) is 5.11. The van der Waals surface area contributed by atoms with Crippen molar-refractivity contribution >= 4 is 5.97 Å². The number of nitriles is 1. The number of unbranched alkanes of at least 4 members (excludes halogenated alkanes) is 3. The summed E-state index contributed by atoms with van der Waals surface area (Å²) in [4.78, 5) is 10.6. The fourth-order valence-electron chi connectivity index (χ4n) is 4.48. The molecule has 1 aliphatic rings. The largest absolute Gasteiger partial charge is 0.481 e. The van der Waals surface area contributed by atoms with Crippen molar-refractivity contribution in [1.82, 2.24) is 0 Å². The summed E-state index contributed by atoms with van der Waals surface area (Å²) in [6.45, 7) is 2.14. The van der Waals surface area contributed by atoms with Gasteiger partial charge in [-0.3, -0.25) is 4.79 Å². The van der Waals surface area contributed by atoms with E-state index in [0.717, 1.165) is 36.8 Å². The minimum atomic E-state index is -0.786. The van der Waals surface area contributed by atoms with Crippen molar-refractivity contribution < 1.29 is 20.1 Å². The fourth-order valence-corrected chi connectivity index (χ4v) is 4.48. The second-order valence-electron chi connectivity index (χ2n) is 8.40. The molecule has 0 radical (unpaired) electrons. The lowest BCUT2D eigenvalue weighted by molar-refractivity contribution is -0.137. The standard InChI is InChI=1S/C25H35NO4/c1-2-3-6-10-22(27)18-12-14-19(15-13-18)25-21(20(17-26)16-23(25)28)9-7-4-5-8-11-24(29)30/h4,7,12-15,20-23,25,27-28H,2-3,5-6,8-11,16H2,1H3,(H,29,30)/b7-4-/t20?,21-,22?,23+,25?/m0/s1. The van der Waals surface area contributed by atoms with Gasteiger partial charge in [-0.25, -0.2) is 0 Å². The van der Waals surface area contributed by atoms with Crippen molar-refractivity contribution in [3.8, 4) is 6.07 Å². The smallest absolute Gasteiger partial charge is 0.303 e. The lowest BCUT2D eigenvalue weighted by atomic mass is 9.82. The quantitative estimate of drug-likeness (QED) is 0.327. The second-order valence-corrected chi connectivity index (χ2v) is 8.40. The van der Waals surface area contributed by atoms with Crippen LogP contribution in [0.15, 0.2) is 36.4 Å². The maximum atomic E-state index is 10.6. The molecule has 5 heteroatoms. The van der Waals surface area contributed by atoms with E-state index in [0.29, 0.717) is 25.7 Å². The van der Waals surface area contributed by atoms with Crippen molar-refractivity contribution in [2.24, 2.45) is 11.8 Å². The number of aliphatic hydroxyl groups is 2. The highest BCUT2D eigenvalue weighted by atomic mass is 16.4. The van der Waals surface area contributed by atoms with Crippen molar-refractivity contribution in [2.45, 2.75) is 82.8 Å². The molecular formula is C25H35NO4. The molecule has 3 N–H and O–H groups in total. The Hall–Kier alpha value is -2.16. The van der Waals surface area contributed by atoms with Crippen LogP contribution in [0.2, 0.25) is 0 Å². The van der Waals surface area contributed by atoms with Crippen LogP contribution in [0.1, 0.15) is 87.9 Å². The Morgan fingerprint density at radius 1 is 1.23 bits per heavy atom. The highest BCUT2D eigenvalue weighted by molar-refractivity contribution is 5.66. The summed E-state index contributed by atoms with van der Waals surface area (Å²) < 4.78 is 0. The molecule has 0 aromatic heterocycles. The highest BCUT2D eigenvalue weighted by Crippen LogP contribution is 2.45. The van der Waals surface area contributed by atoms with E-state index < -0.39 is 18.2 Å². The number of aliphatic carboxylic acids is 1. The second kappa shape index (κ2) is 12.5. The van der Waals surface area contributed by atoms with Gasteiger partial charge in [-0.2, -0.15) is 5.26 Å². The normalized spacial score (nSPS) is 24.7. The molecule has 2 rings (SSSR count). The molecule has 1 aromatic carbocycles. The van der Waals surface area contributed by atoms with E-state index in [1.807, 2.05) is 36.4 Å². The molecule has 30 heavy (non-hydrogen) atoms. The Morgan fingerprint density at radius 3 is 2.60 bits per heavy atom. The molecule has 3 unspecified atom stereocenters. The van der Waals surface area contributed by atoms with Gasteiger partial charge >= 0.3 is 5.97 Å². The van der Waals surface area contributed by atoms with Crippen molar-refractivity contribution in [3.63, 3.8) is 0 Å². The van der Waals surface area contributed by atoms with Crippen molar-refractivity contribution in [3.05, 3.63) is 47.5 Å². The summed E-state index contributed by atoms with van der Waals surface area (Å²) in [7, 11) is 0. The Bertz CT molecular complexity index is 722. The van der Waals surface area contributed by atoms with Crippen LogP contribution in [-0.4, -0.2) is 27.4 Å². The van der Waals surface area contributed by atoms with Gasteiger partial charge in [-0.05, 0) is 49.1 Å². The third kappa shape index (κ3) is 6.97. The zero-order valence-electron chi connectivity index (χ0n) is 17.9. The van der Waals surface area contributed by atoms with E-state index in [9.17, 15) is 20.3 Å². The first-order chi connectivity index (χ1) is 14.5. The number of carbonyl (C=O) groups is 1. The molecule has 0 spiro atoms. The first kappa shape index (κ1) is 24.1. The summed E-state index contributed by atoms with van der Waals surface area (Å²) in [6.07, 6.45) is 9.61. The number of rotatable bonds is 12. The summed E-state index contributed by atoms with van der Waals surface area (Å²) >= 11 is 0. The van der Waals surface area contributed by atoms with Gasteiger partial charge in [0, 0.05) is 12.3 Å². The third-order valence-corrected chi connectivity index (χ3v) is 6.18. The highest BCUT2D eigenvalue weighted by Gasteiger charge is 2.42. The molecule has 0 bridgehead atoms. The van der Waals surface area contributed by atoms with E-state index in [-0.39, 0.29) is 24.2 Å². The van der Waals surface area contributed by atoms with Crippen molar-refractivity contribution in [1.29, 1.82) is 5.26 Å². The van der Waals surface area contributed by atoms with Gasteiger partial charge in [0.25, 0.3) is 0 Å². The molecule has 1 fully saturated rings. The summed E-state index contributed by atoms with van der Waals surface area (Å²) in [5.41, 5.74) is 1.91. The predicted molar refractivity (Wildman–Crippen MR) is 117 cm³/mol. The van der Waals surface area contributed by atoms with E-state index in [1.54, 1.807) is 0 Å². The van der Waals surface area contributed by atoms with Crippen LogP contribution >= 0.6 is 0 Å². The molecular weight excluding hydrogens is 378 g/mol. The van der Waals surface area contributed by atoms with E-state index >= 15 is 0 Å². The molecule has 0 amide bonds. The zero-order chi connectivity index (χ0) is 21.9. The molecule has 5 atom stereocenters. The van der Waals surface area contributed by atoms with Crippen LogP contribution in [0, 0.1) is 23.2 Å². The van der Waals surface area contributed by atoms with Crippen LogP contribution in [0.4, 0.5) is 0 Å². The van der Waals surface area contributed by atoms with Gasteiger partial charge in [0.05, 0.1) is 24.2 Å². The molecule has 5 nitrogen and oxygen atoms in total. The van der Waals surface area contributed by atoms with Crippen LogP contribution in [0.5, 0.6) is 0 Å². The lowest BCUT2D eigenvalue weighted by Crippen LogP contribution is -2.18. The van der Waals surface area contributed by atoms with Crippen LogP contribution in [-0.2, 0) is 4.79 Å².